The molecule has 0 spiro atoms. The van der Waals surface area contributed by atoms with Crippen LogP contribution in [0.2, 0.25) is 0 Å². The number of aromatic amines is 1. The van der Waals surface area contributed by atoms with E-state index >= 15 is 0 Å². The van der Waals surface area contributed by atoms with Crippen LogP contribution in [-0.2, 0) is 0 Å². The van der Waals surface area contributed by atoms with Crippen LogP contribution in [0.5, 0.6) is 11.5 Å². The molecule has 6 nitrogen and oxygen atoms in total. The van der Waals surface area contributed by atoms with E-state index in [4.69, 9.17) is 9.47 Å². The Morgan fingerprint density at radius 2 is 2.19 bits per heavy atom. The molecule has 0 radical (unpaired) electrons. The Labute approximate surface area is 155 Å². The van der Waals surface area contributed by atoms with Crippen molar-refractivity contribution in [3.8, 4) is 22.8 Å². The number of carbonyl (C=O) groups excluding carboxylic acids is 1. The Kier molecular flexibility index (Phi) is 4.38. The van der Waals surface area contributed by atoms with Crippen molar-refractivity contribution in [3.63, 3.8) is 0 Å². The topological polar surface area (TPSA) is 67.5 Å². The van der Waals surface area contributed by atoms with Gasteiger partial charge in [0.2, 0.25) is 0 Å². The van der Waals surface area contributed by atoms with E-state index < -0.39 is 0 Å². The average molecular weight is 369 g/mol. The Morgan fingerprint density at radius 3 is 2.96 bits per heavy atom. The molecule has 0 aliphatic carbocycles. The van der Waals surface area contributed by atoms with E-state index in [1.807, 2.05) is 48.8 Å². The number of fused-ring (bicyclic) bond motifs is 1. The third-order valence-corrected chi connectivity index (χ3v) is 4.99. The lowest BCUT2D eigenvalue weighted by atomic mass is 10.2. The molecule has 1 aliphatic rings. The summed E-state index contributed by atoms with van der Waals surface area (Å²) < 4.78 is 11.6. The molecule has 7 heteroatoms. The maximum Gasteiger partial charge on any atom is 0.270 e. The highest BCUT2D eigenvalue weighted by Crippen LogP contribution is 2.31. The summed E-state index contributed by atoms with van der Waals surface area (Å²) >= 11 is 1.59. The van der Waals surface area contributed by atoms with Crippen LogP contribution in [0.3, 0.4) is 0 Å². The van der Waals surface area contributed by atoms with Crippen molar-refractivity contribution in [1.82, 2.24) is 14.9 Å². The first-order valence-electron chi connectivity index (χ1n) is 8.35. The fourth-order valence-corrected chi connectivity index (χ4v) is 3.53. The number of H-pyrrole nitrogens is 1. The molecule has 1 atom stereocenters. The van der Waals surface area contributed by atoms with Crippen molar-refractivity contribution in [2.24, 2.45) is 0 Å². The zero-order chi connectivity index (χ0) is 18.1. The second kappa shape index (κ2) is 6.84. The van der Waals surface area contributed by atoms with Crippen LogP contribution < -0.4 is 9.47 Å². The first kappa shape index (κ1) is 16.7. The molecule has 26 heavy (non-hydrogen) atoms. The number of benzene rings is 1. The van der Waals surface area contributed by atoms with Gasteiger partial charge in [-0.1, -0.05) is 12.1 Å². The Balaban J connectivity index is 1.42. The predicted molar refractivity (Wildman–Crippen MR) is 100.0 cm³/mol. The van der Waals surface area contributed by atoms with Crippen molar-refractivity contribution in [1.29, 1.82) is 0 Å². The van der Waals surface area contributed by atoms with E-state index in [9.17, 15) is 4.79 Å². The van der Waals surface area contributed by atoms with Crippen molar-refractivity contribution >= 4 is 17.2 Å². The summed E-state index contributed by atoms with van der Waals surface area (Å²) in [4.78, 5) is 21.8. The number of nitrogens with one attached hydrogen (secondary N) is 1. The highest BCUT2D eigenvalue weighted by atomic mass is 32.1. The predicted octanol–water partition coefficient (Wildman–Crippen LogP) is 3.36. The number of nitrogens with zero attached hydrogens (tertiary/aromatic N) is 2. The standard InChI is InChI=1S/C19H19N3O3S/c1-12-21-16(11-26-12)13-7-15(20-8-13)19(23)22(2)9-14-10-24-17-5-3-4-6-18(17)25-14/h3-8,11,14,20H,9-10H2,1-2H3. The fourth-order valence-electron chi connectivity index (χ4n) is 2.91. The van der Waals surface area contributed by atoms with E-state index in [0.29, 0.717) is 24.6 Å². The minimum absolute atomic E-state index is 0.0920. The number of thiazole rings is 1. The number of likely N-dealkylation sites (N-methyl/N-ethyl adjacent to an activating group) is 1. The maximum absolute atomic E-state index is 12.7. The van der Waals surface area contributed by atoms with Crippen molar-refractivity contribution in [3.05, 3.63) is 52.6 Å². The first-order valence-corrected chi connectivity index (χ1v) is 9.23. The van der Waals surface area contributed by atoms with Gasteiger partial charge in [-0.2, -0.15) is 0 Å². The highest BCUT2D eigenvalue weighted by Gasteiger charge is 2.24. The van der Waals surface area contributed by atoms with Gasteiger partial charge in [-0.3, -0.25) is 4.79 Å². The normalized spacial score (nSPS) is 15.7. The summed E-state index contributed by atoms with van der Waals surface area (Å²) in [6, 6.07) is 9.39. The molecule has 4 rings (SSSR count). The maximum atomic E-state index is 12.7. The molecule has 0 bridgehead atoms. The summed E-state index contributed by atoms with van der Waals surface area (Å²) in [6.45, 7) is 2.82. The van der Waals surface area contributed by atoms with Crippen LogP contribution in [0.15, 0.2) is 41.9 Å². The molecule has 1 amide bonds. The number of amides is 1. The smallest absolute Gasteiger partial charge is 0.270 e. The summed E-state index contributed by atoms with van der Waals surface area (Å²) in [7, 11) is 1.76. The molecular formula is C19H19N3O3S. The van der Waals surface area contributed by atoms with Gasteiger partial charge in [-0.15, -0.1) is 11.3 Å². The van der Waals surface area contributed by atoms with Gasteiger partial charge < -0.3 is 19.4 Å². The molecule has 1 unspecified atom stereocenters. The van der Waals surface area contributed by atoms with Crippen LogP contribution >= 0.6 is 11.3 Å². The van der Waals surface area contributed by atoms with Crippen LogP contribution in [0.25, 0.3) is 11.3 Å². The second-order valence-corrected chi connectivity index (χ2v) is 7.30. The minimum atomic E-state index is -0.200. The summed E-state index contributed by atoms with van der Waals surface area (Å²) in [5.74, 6) is 1.36. The Morgan fingerprint density at radius 1 is 1.38 bits per heavy atom. The van der Waals surface area contributed by atoms with Gasteiger partial charge in [-0.05, 0) is 25.1 Å². The third kappa shape index (κ3) is 3.30. The Hall–Kier alpha value is -2.80. The molecule has 3 heterocycles. The number of hydrogen-bond acceptors (Lipinski definition) is 5. The monoisotopic (exact) mass is 369 g/mol. The minimum Gasteiger partial charge on any atom is -0.486 e. The number of ether oxygens (including phenoxy) is 2. The average Bonchev–Trinajstić information content (AvgIpc) is 3.30. The molecule has 0 saturated heterocycles. The van der Waals surface area contributed by atoms with E-state index in [0.717, 1.165) is 22.0 Å². The molecule has 134 valence electrons. The first-order chi connectivity index (χ1) is 12.6. The number of aromatic nitrogens is 2. The molecule has 1 aromatic carbocycles. The SMILES string of the molecule is Cc1nc(-c2c[nH]c(C(=O)N(C)CC3COc4ccccc4O3)c2)cs1. The number of aryl methyl sites for hydroxylation is 1. The van der Waals surface area contributed by atoms with Crippen molar-refractivity contribution in [2.45, 2.75) is 13.0 Å². The number of hydrogen-bond donors (Lipinski definition) is 1. The van der Waals surface area contributed by atoms with E-state index in [1.54, 1.807) is 23.3 Å². The Bertz CT molecular complexity index is 934. The van der Waals surface area contributed by atoms with Gasteiger partial charge in [0, 0.05) is 24.2 Å². The summed E-state index contributed by atoms with van der Waals surface area (Å²) in [5, 5.41) is 2.99. The quantitative estimate of drug-likeness (QED) is 0.766. The molecule has 1 N–H and O–H groups in total. The number of rotatable bonds is 4. The molecular weight excluding hydrogens is 350 g/mol. The molecule has 3 aromatic rings. The third-order valence-electron chi connectivity index (χ3n) is 4.22. The summed E-state index contributed by atoms with van der Waals surface area (Å²) in [6.07, 6.45) is 1.61. The fraction of sp³-hybridized carbons (Fsp3) is 0.263. The lowest BCUT2D eigenvalue weighted by Crippen LogP contribution is -2.41. The molecule has 0 saturated carbocycles. The summed E-state index contributed by atoms with van der Waals surface area (Å²) in [5.41, 5.74) is 2.33. The zero-order valence-corrected chi connectivity index (χ0v) is 15.4. The lowest BCUT2D eigenvalue weighted by molar-refractivity contribution is 0.0518. The lowest BCUT2D eigenvalue weighted by Gasteiger charge is -2.29. The van der Waals surface area contributed by atoms with Crippen LogP contribution in [0, 0.1) is 6.92 Å². The molecule has 1 aliphatic heterocycles. The second-order valence-electron chi connectivity index (χ2n) is 6.24. The van der Waals surface area contributed by atoms with Gasteiger partial charge in [0.15, 0.2) is 17.6 Å². The van der Waals surface area contributed by atoms with E-state index in [-0.39, 0.29) is 12.0 Å². The zero-order valence-electron chi connectivity index (χ0n) is 14.6. The van der Waals surface area contributed by atoms with Gasteiger partial charge in [0.05, 0.1) is 17.2 Å². The van der Waals surface area contributed by atoms with Crippen molar-refractivity contribution < 1.29 is 14.3 Å². The highest BCUT2D eigenvalue weighted by molar-refractivity contribution is 7.09. The van der Waals surface area contributed by atoms with Crippen LogP contribution in [0.4, 0.5) is 0 Å². The van der Waals surface area contributed by atoms with Crippen LogP contribution in [-0.4, -0.2) is 47.1 Å². The molecule has 0 fully saturated rings. The largest absolute Gasteiger partial charge is 0.486 e. The van der Waals surface area contributed by atoms with Gasteiger partial charge in [0.1, 0.15) is 12.3 Å². The van der Waals surface area contributed by atoms with Crippen molar-refractivity contribution in [2.75, 3.05) is 20.2 Å². The van der Waals surface area contributed by atoms with Gasteiger partial charge >= 0.3 is 0 Å². The molecule has 2 aromatic heterocycles. The number of carbonyl (C=O) groups is 1. The number of para-hydroxylation sites is 2. The van der Waals surface area contributed by atoms with E-state index in [2.05, 4.69) is 9.97 Å². The van der Waals surface area contributed by atoms with Crippen LogP contribution in [0.1, 0.15) is 15.5 Å². The van der Waals surface area contributed by atoms with E-state index in [1.165, 1.54) is 0 Å². The van der Waals surface area contributed by atoms with Gasteiger partial charge in [0.25, 0.3) is 5.91 Å². The van der Waals surface area contributed by atoms with Gasteiger partial charge in [-0.25, -0.2) is 4.98 Å².